The standard InChI is InChI=1S/C29H35N3O7/c1-17-13-21(14-18(2)25(17)37-4)26(34)30-19(3)28(36)32-12-8-11-23(32)27(35)31-22-15-24(33)39-29(22)38-16-20-9-6-5-7-10-20/h5-7,9-10,13-14,19,22-23,29H,8,11-12,15-16H2,1-4H3,(H,30,34)(H,31,35)/t19-,22-,23-,29?/m0/s1. The lowest BCUT2D eigenvalue weighted by atomic mass is 10.0. The highest BCUT2D eigenvalue weighted by molar-refractivity contribution is 5.99. The smallest absolute Gasteiger partial charge is 0.310 e. The van der Waals surface area contributed by atoms with E-state index in [4.69, 9.17) is 14.2 Å². The fraction of sp³-hybridized carbons (Fsp3) is 0.448. The van der Waals surface area contributed by atoms with E-state index in [-0.39, 0.29) is 30.7 Å². The molecule has 2 fully saturated rings. The SMILES string of the molecule is COc1c(C)cc(C(=O)N[C@@H](C)C(=O)N2CCC[C@H]2C(=O)N[C@H]2CC(=O)OC2OCc2ccccc2)cc1C. The topological polar surface area (TPSA) is 123 Å². The predicted octanol–water partition coefficient (Wildman–Crippen LogP) is 2.40. The van der Waals surface area contributed by atoms with Crippen molar-refractivity contribution in [2.24, 2.45) is 0 Å². The van der Waals surface area contributed by atoms with Crippen LogP contribution in [0.3, 0.4) is 0 Å². The summed E-state index contributed by atoms with van der Waals surface area (Å²) in [6.45, 7) is 5.93. The lowest BCUT2D eigenvalue weighted by molar-refractivity contribution is -0.168. The van der Waals surface area contributed by atoms with E-state index in [9.17, 15) is 19.2 Å². The van der Waals surface area contributed by atoms with Gasteiger partial charge in [0, 0.05) is 12.1 Å². The van der Waals surface area contributed by atoms with Crippen LogP contribution in [0.15, 0.2) is 42.5 Å². The Morgan fingerprint density at radius 3 is 2.49 bits per heavy atom. The van der Waals surface area contributed by atoms with Gasteiger partial charge in [0.25, 0.3) is 5.91 Å². The van der Waals surface area contributed by atoms with Crippen LogP contribution in [0.25, 0.3) is 0 Å². The van der Waals surface area contributed by atoms with Gasteiger partial charge in [-0.25, -0.2) is 0 Å². The third-order valence-corrected chi connectivity index (χ3v) is 7.03. The average molecular weight is 538 g/mol. The maximum atomic E-state index is 13.3. The summed E-state index contributed by atoms with van der Waals surface area (Å²) in [6, 6.07) is 10.7. The summed E-state index contributed by atoms with van der Waals surface area (Å²) in [4.78, 5) is 52.9. The highest BCUT2D eigenvalue weighted by atomic mass is 16.7. The van der Waals surface area contributed by atoms with Crippen LogP contribution in [0.4, 0.5) is 0 Å². The van der Waals surface area contributed by atoms with E-state index in [1.54, 1.807) is 26.2 Å². The molecule has 0 saturated carbocycles. The minimum Gasteiger partial charge on any atom is -0.496 e. The zero-order valence-corrected chi connectivity index (χ0v) is 22.7. The molecule has 1 unspecified atom stereocenters. The molecule has 4 rings (SSSR count). The summed E-state index contributed by atoms with van der Waals surface area (Å²) < 4.78 is 16.4. The molecule has 4 atom stereocenters. The Kier molecular flexibility index (Phi) is 8.86. The molecular weight excluding hydrogens is 502 g/mol. The number of nitrogens with zero attached hydrogens (tertiary/aromatic N) is 1. The molecular formula is C29H35N3O7. The fourth-order valence-electron chi connectivity index (χ4n) is 5.13. The Bertz CT molecular complexity index is 1210. The number of likely N-dealkylation sites (tertiary alicyclic amines) is 1. The number of aryl methyl sites for hydroxylation is 2. The number of carbonyl (C=O) groups is 4. The van der Waals surface area contributed by atoms with Gasteiger partial charge in [0.15, 0.2) is 0 Å². The van der Waals surface area contributed by atoms with E-state index in [1.165, 1.54) is 4.90 Å². The molecule has 10 nitrogen and oxygen atoms in total. The van der Waals surface area contributed by atoms with Crippen LogP contribution in [-0.4, -0.2) is 66.7 Å². The Morgan fingerprint density at radius 2 is 1.82 bits per heavy atom. The van der Waals surface area contributed by atoms with Gasteiger partial charge < -0.3 is 29.7 Å². The molecule has 2 heterocycles. The molecule has 0 radical (unpaired) electrons. The largest absolute Gasteiger partial charge is 0.496 e. The first-order chi connectivity index (χ1) is 18.7. The minimum absolute atomic E-state index is 0.0149. The van der Waals surface area contributed by atoms with Gasteiger partial charge in [0.2, 0.25) is 18.1 Å². The summed E-state index contributed by atoms with van der Waals surface area (Å²) in [5.41, 5.74) is 2.97. The number of methoxy groups -OCH3 is 1. The molecule has 2 aliphatic rings. The van der Waals surface area contributed by atoms with Gasteiger partial charge in [-0.05, 0) is 62.4 Å². The van der Waals surface area contributed by atoms with Crippen LogP contribution < -0.4 is 15.4 Å². The van der Waals surface area contributed by atoms with Gasteiger partial charge in [-0.3, -0.25) is 19.2 Å². The molecule has 3 amide bonds. The van der Waals surface area contributed by atoms with Crippen LogP contribution in [-0.2, 0) is 30.5 Å². The van der Waals surface area contributed by atoms with Crippen molar-refractivity contribution in [3.8, 4) is 5.75 Å². The monoisotopic (exact) mass is 537 g/mol. The number of cyclic esters (lactones) is 1. The molecule has 2 N–H and O–H groups in total. The minimum atomic E-state index is -0.915. The maximum Gasteiger partial charge on any atom is 0.310 e. The highest BCUT2D eigenvalue weighted by Crippen LogP contribution is 2.25. The molecule has 0 bridgehead atoms. The number of hydrogen-bond donors (Lipinski definition) is 2. The van der Waals surface area contributed by atoms with Crippen LogP contribution >= 0.6 is 0 Å². The van der Waals surface area contributed by atoms with E-state index in [0.717, 1.165) is 16.7 Å². The van der Waals surface area contributed by atoms with E-state index in [1.807, 2.05) is 44.2 Å². The summed E-state index contributed by atoms with van der Waals surface area (Å²) in [5, 5.41) is 5.60. The van der Waals surface area contributed by atoms with Gasteiger partial charge in [-0.15, -0.1) is 0 Å². The number of ether oxygens (including phenoxy) is 3. The third kappa shape index (κ3) is 6.57. The second-order valence-electron chi connectivity index (χ2n) is 10.0. The Labute approximate surface area is 228 Å². The van der Waals surface area contributed by atoms with E-state index in [0.29, 0.717) is 30.7 Å². The van der Waals surface area contributed by atoms with Gasteiger partial charge in [0.1, 0.15) is 23.9 Å². The molecule has 10 heteroatoms. The van der Waals surface area contributed by atoms with Crippen molar-refractivity contribution in [2.75, 3.05) is 13.7 Å². The summed E-state index contributed by atoms with van der Waals surface area (Å²) in [7, 11) is 1.58. The number of rotatable bonds is 9. The fourth-order valence-corrected chi connectivity index (χ4v) is 5.13. The second-order valence-corrected chi connectivity index (χ2v) is 10.0. The number of nitrogens with one attached hydrogen (secondary N) is 2. The average Bonchev–Trinajstić information content (AvgIpc) is 3.53. The molecule has 2 saturated heterocycles. The molecule has 2 aromatic carbocycles. The number of benzene rings is 2. The van der Waals surface area contributed by atoms with Gasteiger partial charge >= 0.3 is 5.97 Å². The first kappa shape index (κ1) is 28.1. The number of esters is 1. The molecule has 208 valence electrons. The van der Waals surface area contributed by atoms with Crippen LogP contribution in [0.2, 0.25) is 0 Å². The van der Waals surface area contributed by atoms with Crippen molar-refractivity contribution in [3.05, 3.63) is 64.7 Å². The second kappa shape index (κ2) is 12.3. The first-order valence-corrected chi connectivity index (χ1v) is 13.1. The summed E-state index contributed by atoms with van der Waals surface area (Å²) in [5.74, 6) is -0.859. The van der Waals surface area contributed by atoms with Crippen molar-refractivity contribution in [2.45, 2.75) is 71.1 Å². The number of hydrogen-bond acceptors (Lipinski definition) is 7. The number of amides is 3. The summed E-state index contributed by atoms with van der Waals surface area (Å²) >= 11 is 0. The van der Waals surface area contributed by atoms with E-state index < -0.39 is 30.4 Å². The molecule has 0 aliphatic carbocycles. The van der Waals surface area contributed by atoms with Gasteiger partial charge in [0.05, 0.1) is 20.1 Å². The van der Waals surface area contributed by atoms with E-state index in [2.05, 4.69) is 10.6 Å². The first-order valence-electron chi connectivity index (χ1n) is 13.1. The lowest BCUT2D eigenvalue weighted by Crippen LogP contribution is -2.54. The molecule has 2 aliphatic heterocycles. The predicted molar refractivity (Wildman–Crippen MR) is 142 cm³/mol. The van der Waals surface area contributed by atoms with Crippen LogP contribution in [0.1, 0.15) is 53.2 Å². The van der Waals surface area contributed by atoms with Crippen molar-refractivity contribution in [1.29, 1.82) is 0 Å². The molecule has 2 aromatic rings. The van der Waals surface area contributed by atoms with Crippen molar-refractivity contribution >= 4 is 23.7 Å². The van der Waals surface area contributed by atoms with Crippen molar-refractivity contribution in [3.63, 3.8) is 0 Å². The highest BCUT2D eigenvalue weighted by Gasteiger charge is 2.41. The molecule has 0 spiro atoms. The zero-order chi connectivity index (χ0) is 28.1. The Balaban J connectivity index is 1.36. The van der Waals surface area contributed by atoms with Crippen LogP contribution in [0.5, 0.6) is 5.75 Å². The van der Waals surface area contributed by atoms with Gasteiger partial charge in [-0.1, -0.05) is 30.3 Å². The third-order valence-electron chi connectivity index (χ3n) is 7.03. The van der Waals surface area contributed by atoms with Crippen molar-refractivity contribution in [1.82, 2.24) is 15.5 Å². The Morgan fingerprint density at radius 1 is 1.13 bits per heavy atom. The van der Waals surface area contributed by atoms with Crippen LogP contribution in [0, 0.1) is 13.8 Å². The maximum absolute atomic E-state index is 13.3. The molecule has 39 heavy (non-hydrogen) atoms. The lowest BCUT2D eigenvalue weighted by Gasteiger charge is -2.28. The summed E-state index contributed by atoms with van der Waals surface area (Å²) in [6.07, 6.45) is 0.197. The van der Waals surface area contributed by atoms with E-state index >= 15 is 0 Å². The Hall–Kier alpha value is -3.92. The number of carbonyl (C=O) groups excluding carboxylic acids is 4. The normalized spacial score (nSPS) is 21.3. The zero-order valence-electron chi connectivity index (χ0n) is 22.7. The quantitative estimate of drug-likeness (QED) is 0.471. The van der Waals surface area contributed by atoms with Crippen molar-refractivity contribution < 1.29 is 33.4 Å². The molecule has 0 aromatic heterocycles. The van der Waals surface area contributed by atoms with Gasteiger partial charge in [-0.2, -0.15) is 0 Å².